The maximum Gasteiger partial charge on any atom is 0.350 e. The molecule has 182 valence electrons. The fourth-order valence-corrected chi connectivity index (χ4v) is 5.40. The normalized spacial score (nSPS) is 14.8. The molecule has 4 aromatic rings. The number of aryl methyl sites for hydroxylation is 3. The van der Waals surface area contributed by atoms with Crippen molar-refractivity contribution in [2.24, 2.45) is 0 Å². The topological polar surface area (TPSA) is 89.7 Å². The molecular formula is C28H24N2O5S. The van der Waals surface area contributed by atoms with Crippen LogP contribution in [0.1, 0.15) is 61.1 Å². The first-order valence-electron chi connectivity index (χ1n) is 11.6. The van der Waals surface area contributed by atoms with Crippen molar-refractivity contribution in [3.63, 3.8) is 0 Å². The Morgan fingerprint density at radius 3 is 2.64 bits per heavy atom. The first-order valence-corrected chi connectivity index (χ1v) is 12.4. The number of carbonyl (C=O) groups is 2. The Hall–Kier alpha value is -4.04. The van der Waals surface area contributed by atoms with Crippen molar-refractivity contribution in [3.8, 4) is 0 Å². The highest BCUT2D eigenvalue weighted by Gasteiger charge is 2.45. The Morgan fingerprint density at radius 1 is 1.19 bits per heavy atom. The molecule has 0 N–H and O–H groups in total. The number of thiazole rings is 1. The van der Waals surface area contributed by atoms with Gasteiger partial charge >= 0.3 is 5.97 Å². The summed E-state index contributed by atoms with van der Waals surface area (Å²) in [5, 5.41) is 0.709. The van der Waals surface area contributed by atoms with Gasteiger partial charge in [-0.2, -0.15) is 0 Å². The Kier molecular flexibility index (Phi) is 6.05. The molecule has 2 aromatic heterocycles. The van der Waals surface area contributed by atoms with Crippen molar-refractivity contribution in [2.45, 2.75) is 33.2 Å². The molecule has 3 heterocycles. The van der Waals surface area contributed by atoms with Crippen LogP contribution in [0.5, 0.6) is 0 Å². The zero-order valence-electron chi connectivity index (χ0n) is 20.2. The summed E-state index contributed by atoms with van der Waals surface area (Å²) < 4.78 is 11.2. The van der Waals surface area contributed by atoms with E-state index in [4.69, 9.17) is 9.15 Å². The molecule has 0 saturated heterocycles. The number of rotatable bonds is 6. The lowest BCUT2D eigenvalue weighted by Crippen LogP contribution is -2.29. The molecule has 8 heteroatoms. The standard InChI is InChI=1S/C28H24N2O5S/c1-5-13-34-27(33)25-16(4)29-28(36-25)30-22(18-10-8-17(6-2)9-11-18)21-23(31)19-14-15(3)7-12-20(19)35-24(21)26(30)32/h5,7-12,14,22H,1,6,13H2,2-4H3. The third kappa shape index (κ3) is 3.83. The maximum atomic E-state index is 13.8. The van der Waals surface area contributed by atoms with Crippen molar-refractivity contribution in [3.05, 3.63) is 104 Å². The molecule has 36 heavy (non-hydrogen) atoms. The van der Waals surface area contributed by atoms with E-state index in [1.807, 2.05) is 37.3 Å². The van der Waals surface area contributed by atoms with Crippen LogP contribution in [0.3, 0.4) is 0 Å². The van der Waals surface area contributed by atoms with E-state index in [-0.39, 0.29) is 28.2 Å². The van der Waals surface area contributed by atoms with Crippen LogP contribution >= 0.6 is 11.3 Å². The number of anilines is 1. The summed E-state index contributed by atoms with van der Waals surface area (Å²) in [5.41, 5.74) is 3.60. The smallest absolute Gasteiger partial charge is 0.350 e. The summed E-state index contributed by atoms with van der Waals surface area (Å²) in [5.74, 6) is -1.03. The molecule has 2 aromatic carbocycles. The molecule has 1 unspecified atom stereocenters. The molecule has 1 amide bonds. The molecule has 0 spiro atoms. The predicted octanol–water partition coefficient (Wildman–Crippen LogP) is 5.52. The van der Waals surface area contributed by atoms with Gasteiger partial charge in [-0.1, -0.05) is 66.8 Å². The highest BCUT2D eigenvalue weighted by molar-refractivity contribution is 7.17. The summed E-state index contributed by atoms with van der Waals surface area (Å²) >= 11 is 1.05. The molecule has 0 fully saturated rings. The van der Waals surface area contributed by atoms with E-state index in [1.54, 1.807) is 19.1 Å². The number of aromatic nitrogens is 1. The highest BCUT2D eigenvalue weighted by atomic mass is 32.1. The largest absolute Gasteiger partial charge is 0.457 e. The van der Waals surface area contributed by atoms with E-state index in [1.165, 1.54) is 11.0 Å². The molecule has 0 aliphatic carbocycles. The second-order valence-corrected chi connectivity index (χ2v) is 9.62. The average molecular weight is 501 g/mol. The third-order valence-electron chi connectivity index (χ3n) is 6.24. The van der Waals surface area contributed by atoms with Gasteiger partial charge in [-0.15, -0.1) is 0 Å². The van der Waals surface area contributed by atoms with Gasteiger partial charge in [-0.3, -0.25) is 14.5 Å². The second kappa shape index (κ2) is 9.20. The Balaban J connectivity index is 1.71. The number of fused-ring (bicyclic) bond motifs is 2. The van der Waals surface area contributed by atoms with Crippen molar-refractivity contribution in [1.82, 2.24) is 4.98 Å². The Morgan fingerprint density at radius 2 is 1.94 bits per heavy atom. The van der Waals surface area contributed by atoms with E-state index in [9.17, 15) is 14.4 Å². The van der Waals surface area contributed by atoms with E-state index < -0.39 is 17.9 Å². The molecule has 1 atom stereocenters. The van der Waals surface area contributed by atoms with Gasteiger partial charge in [0, 0.05) is 0 Å². The van der Waals surface area contributed by atoms with Gasteiger partial charge in [0.25, 0.3) is 5.91 Å². The van der Waals surface area contributed by atoms with Gasteiger partial charge in [0.2, 0.25) is 5.76 Å². The number of ether oxygens (including phenoxy) is 1. The monoisotopic (exact) mass is 500 g/mol. The van der Waals surface area contributed by atoms with Crippen LogP contribution in [0, 0.1) is 13.8 Å². The van der Waals surface area contributed by atoms with Gasteiger partial charge in [0.05, 0.1) is 22.7 Å². The van der Waals surface area contributed by atoms with E-state index in [2.05, 4.69) is 18.5 Å². The fraction of sp³-hybridized carbons (Fsp3) is 0.214. The van der Waals surface area contributed by atoms with Crippen LogP contribution in [0.4, 0.5) is 5.13 Å². The lowest BCUT2D eigenvalue weighted by atomic mass is 9.97. The quantitative estimate of drug-likeness (QED) is 0.256. The third-order valence-corrected chi connectivity index (χ3v) is 7.38. The highest BCUT2D eigenvalue weighted by Crippen LogP contribution is 2.43. The van der Waals surface area contributed by atoms with Gasteiger partial charge in [0.15, 0.2) is 10.6 Å². The lowest BCUT2D eigenvalue weighted by Gasteiger charge is -2.22. The second-order valence-electron chi connectivity index (χ2n) is 8.64. The van der Waals surface area contributed by atoms with Gasteiger partial charge in [-0.25, -0.2) is 9.78 Å². The molecule has 5 rings (SSSR count). The molecular weight excluding hydrogens is 476 g/mol. The number of nitrogens with zero attached hydrogens (tertiary/aromatic N) is 2. The lowest BCUT2D eigenvalue weighted by molar-refractivity contribution is 0.0554. The van der Waals surface area contributed by atoms with Crippen LogP contribution in [0.25, 0.3) is 11.0 Å². The summed E-state index contributed by atoms with van der Waals surface area (Å²) in [6.07, 6.45) is 2.34. The number of hydrogen-bond donors (Lipinski definition) is 0. The number of amides is 1. The number of benzene rings is 2. The first kappa shape index (κ1) is 23.7. The summed E-state index contributed by atoms with van der Waals surface area (Å²) in [7, 11) is 0. The van der Waals surface area contributed by atoms with Gasteiger partial charge in [0.1, 0.15) is 17.1 Å². The van der Waals surface area contributed by atoms with Crippen molar-refractivity contribution < 1.29 is 18.7 Å². The van der Waals surface area contributed by atoms with Crippen LogP contribution in [0.15, 0.2) is 64.3 Å². The zero-order valence-corrected chi connectivity index (χ0v) is 21.0. The Labute approximate surface area is 211 Å². The van der Waals surface area contributed by atoms with Crippen molar-refractivity contribution in [2.75, 3.05) is 11.5 Å². The summed E-state index contributed by atoms with van der Waals surface area (Å²) in [6.45, 7) is 9.27. The fourth-order valence-electron chi connectivity index (χ4n) is 4.41. The molecule has 0 saturated carbocycles. The number of hydrogen-bond acceptors (Lipinski definition) is 7. The number of carbonyl (C=O) groups excluding carboxylic acids is 2. The molecule has 1 aliphatic rings. The van der Waals surface area contributed by atoms with Crippen molar-refractivity contribution in [1.29, 1.82) is 0 Å². The van der Waals surface area contributed by atoms with Crippen LogP contribution < -0.4 is 10.3 Å². The minimum absolute atomic E-state index is 0.00967. The van der Waals surface area contributed by atoms with E-state index >= 15 is 0 Å². The zero-order chi connectivity index (χ0) is 25.6. The summed E-state index contributed by atoms with van der Waals surface area (Å²) in [6, 6.07) is 12.4. The van der Waals surface area contributed by atoms with E-state index in [0.717, 1.165) is 34.4 Å². The predicted molar refractivity (Wildman–Crippen MR) is 139 cm³/mol. The van der Waals surface area contributed by atoms with Crippen LogP contribution in [-0.4, -0.2) is 23.5 Å². The molecule has 0 radical (unpaired) electrons. The summed E-state index contributed by atoms with van der Waals surface area (Å²) in [4.78, 5) is 46.3. The van der Waals surface area contributed by atoms with Crippen LogP contribution in [0.2, 0.25) is 0 Å². The van der Waals surface area contributed by atoms with Crippen molar-refractivity contribution >= 4 is 39.3 Å². The van der Waals surface area contributed by atoms with Crippen LogP contribution in [-0.2, 0) is 11.2 Å². The minimum Gasteiger partial charge on any atom is -0.457 e. The Bertz CT molecular complexity index is 1580. The molecule has 7 nitrogen and oxygen atoms in total. The van der Waals surface area contributed by atoms with Gasteiger partial charge < -0.3 is 9.15 Å². The maximum absolute atomic E-state index is 13.8. The number of esters is 1. The average Bonchev–Trinajstić information content (AvgIpc) is 3.40. The molecule has 0 bridgehead atoms. The van der Waals surface area contributed by atoms with Gasteiger partial charge in [-0.05, 0) is 43.5 Å². The first-order chi connectivity index (χ1) is 17.3. The molecule has 1 aliphatic heterocycles. The van der Waals surface area contributed by atoms with E-state index in [0.29, 0.717) is 21.8 Å². The minimum atomic E-state index is -0.748. The SMILES string of the molecule is C=CCOC(=O)c1sc(N2C(=O)c3oc4ccc(C)cc4c(=O)c3C2c2ccc(CC)cc2)nc1C.